The van der Waals surface area contributed by atoms with Gasteiger partial charge in [0.25, 0.3) is 0 Å². The van der Waals surface area contributed by atoms with Crippen LogP contribution in [-0.4, -0.2) is 19.0 Å². The lowest BCUT2D eigenvalue weighted by atomic mass is 10.1. The smallest absolute Gasteiger partial charge is 0.185 e. The van der Waals surface area contributed by atoms with E-state index in [-0.39, 0.29) is 6.79 Å². The minimum atomic E-state index is -0.248. The Hall–Kier alpha value is -0.960. The molecule has 0 aliphatic heterocycles. The van der Waals surface area contributed by atoms with Crippen molar-refractivity contribution in [2.75, 3.05) is 13.9 Å². The molecule has 1 N–H and O–H groups in total. The fourth-order valence-corrected chi connectivity index (χ4v) is 0.972. The van der Waals surface area contributed by atoms with Gasteiger partial charge < -0.3 is 14.6 Å². The molecular weight excluding hydrogens is 144 g/mol. The molecule has 1 aliphatic carbocycles. The zero-order valence-corrected chi connectivity index (χ0v) is 6.54. The van der Waals surface area contributed by atoms with Crippen LogP contribution < -0.4 is 0 Å². The van der Waals surface area contributed by atoms with Crippen molar-refractivity contribution in [1.82, 2.24) is 0 Å². The number of hydrogen-bond acceptors (Lipinski definition) is 3. The Morgan fingerprint density at radius 2 is 2.00 bits per heavy atom. The Labute approximate surface area is 65.9 Å². The first kappa shape index (κ1) is 8.14. The van der Waals surface area contributed by atoms with Crippen molar-refractivity contribution in [3.63, 3.8) is 0 Å². The highest BCUT2D eigenvalue weighted by Gasteiger charge is 2.05. The number of allylic oxidation sites excluding steroid dienone is 4. The molecule has 0 aromatic rings. The van der Waals surface area contributed by atoms with E-state index >= 15 is 0 Å². The SMILES string of the molecule is COC1=CC=C(OCO)CC1. The van der Waals surface area contributed by atoms with Gasteiger partial charge in [-0.1, -0.05) is 0 Å². The molecule has 0 amide bonds. The number of ether oxygens (including phenoxy) is 2. The molecule has 0 saturated carbocycles. The van der Waals surface area contributed by atoms with Gasteiger partial charge >= 0.3 is 0 Å². The molecule has 0 spiro atoms. The first-order chi connectivity index (χ1) is 5.36. The lowest BCUT2D eigenvalue weighted by Crippen LogP contribution is -1.99. The maximum absolute atomic E-state index is 8.43. The molecule has 0 saturated heterocycles. The highest BCUT2D eigenvalue weighted by atomic mass is 16.6. The standard InChI is InChI=1S/C8H12O3/c1-10-7-2-4-8(5-3-7)11-6-9/h2,4,9H,3,5-6H2,1H3. The van der Waals surface area contributed by atoms with E-state index in [1.165, 1.54) is 0 Å². The minimum absolute atomic E-state index is 0.248. The summed E-state index contributed by atoms with van der Waals surface area (Å²) in [7, 11) is 1.65. The average Bonchev–Trinajstić information content (AvgIpc) is 2.07. The Balaban J connectivity index is 2.47. The van der Waals surface area contributed by atoms with E-state index in [1.807, 2.05) is 12.2 Å². The van der Waals surface area contributed by atoms with Crippen LogP contribution in [0.3, 0.4) is 0 Å². The van der Waals surface area contributed by atoms with Gasteiger partial charge in [-0.15, -0.1) is 0 Å². The molecule has 3 heteroatoms. The molecule has 11 heavy (non-hydrogen) atoms. The van der Waals surface area contributed by atoms with E-state index in [1.54, 1.807) is 7.11 Å². The summed E-state index contributed by atoms with van der Waals surface area (Å²) < 4.78 is 9.91. The van der Waals surface area contributed by atoms with Gasteiger partial charge in [0.05, 0.1) is 18.6 Å². The van der Waals surface area contributed by atoms with E-state index in [0.717, 1.165) is 24.4 Å². The Morgan fingerprint density at radius 1 is 1.36 bits per heavy atom. The van der Waals surface area contributed by atoms with Crippen molar-refractivity contribution in [2.45, 2.75) is 12.8 Å². The summed E-state index contributed by atoms with van der Waals surface area (Å²) in [6.45, 7) is -0.248. The second-order valence-electron chi connectivity index (χ2n) is 2.24. The summed E-state index contributed by atoms with van der Waals surface area (Å²) in [5.74, 6) is 1.77. The summed E-state index contributed by atoms with van der Waals surface area (Å²) in [5.41, 5.74) is 0. The molecule has 0 atom stereocenters. The maximum Gasteiger partial charge on any atom is 0.185 e. The predicted octanol–water partition coefficient (Wildman–Crippen LogP) is 1.16. The number of aliphatic hydroxyl groups is 1. The number of aliphatic hydroxyl groups excluding tert-OH is 1. The number of methoxy groups -OCH3 is 1. The summed E-state index contributed by atoms with van der Waals surface area (Å²) in [4.78, 5) is 0. The van der Waals surface area contributed by atoms with Crippen LogP contribution >= 0.6 is 0 Å². The molecule has 3 nitrogen and oxygen atoms in total. The monoisotopic (exact) mass is 156 g/mol. The Bertz CT molecular complexity index is 182. The first-order valence-electron chi connectivity index (χ1n) is 3.54. The van der Waals surface area contributed by atoms with Crippen molar-refractivity contribution in [2.24, 2.45) is 0 Å². The van der Waals surface area contributed by atoms with Gasteiger partial charge in [0, 0.05) is 12.8 Å². The zero-order valence-electron chi connectivity index (χ0n) is 6.54. The number of rotatable bonds is 3. The van der Waals surface area contributed by atoms with Gasteiger partial charge in [0.2, 0.25) is 0 Å². The molecule has 0 aromatic heterocycles. The van der Waals surface area contributed by atoms with Crippen LogP contribution in [0.2, 0.25) is 0 Å². The van der Waals surface area contributed by atoms with Crippen LogP contribution in [0.1, 0.15) is 12.8 Å². The second kappa shape index (κ2) is 4.03. The minimum Gasteiger partial charge on any atom is -0.501 e. The summed E-state index contributed by atoms with van der Waals surface area (Å²) in [6, 6.07) is 0. The van der Waals surface area contributed by atoms with Gasteiger partial charge in [-0.25, -0.2) is 0 Å². The fourth-order valence-electron chi connectivity index (χ4n) is 0.972. The van der Waals surface area contributed by atoms with Crippen LogP contribution in [0.15, 0.2) is 23.7 Å². The molecule has 0 aromatic carbocycles. The fraction of sp³-hybridized carbons (Fsp3) is 0.500. The van der Waals surface area contributed by atoms with Crippen LogP contribution in [0.5, 0.6) is 0 Å². The van der Waals surface area contributed by atoms with E-state index < -0.39 is 0 Å². The quantitative estimate of drug-likeness (QED) is 0.623. The largest absolute Gasteiger partial charge is 0.501 e. The number of hydrogen-bond donors (Lipinski definition) is 1. The normalized spacial score (nSPS) is 16.9. The summed E-state index contributed by atoms with van der Waals surface area (Å²) in [5, 5.41) is 8.43. The third-order valence-electron chi connectivity index (χ3n) is 1.59. The average molecular weight is 156 g/mol. The molecule has 0 fully saturated rings. The zero-order chi connectivity index (χ0) is 8.10. The predicted molar refractivity (Wildman–Crippen MR) is 40.6 cm³/mol. The van der Waals surface area contributed by atoms with Crippen molar-refractivity contribution in [3.05, 3.63) is 23.7 Å². The highest BCUT2D eigenvalue weighted by Crippen LogP contribution is 2.18. The van der Waals surface area contributed by atoms with Crippen LogP contribution in [0, 0.1) is 0 Å². The molecule has 0 bridgehead atoms. The second-order valence-corrected chi connectivity index (χ2v) is 2.24. The van der Waals surface area contributed by atoms with Crippen LogP contribution in [0.25, 0.3) is 0 Å². The van der Waals surface area contributed by atoms with Gasteiger partial charge in [-0.2, -0.15) is 0 Å². The van der Waals surface area contributed by atoms with Gasteiger partial charge in [-0.3, -0.25) is 0 Å². The van der Waals surface area contributed by atoms with E-state index in [2.05, 4.69) is 0 Å². The summed E-state index contributed by atoms with van der Waals surface area (Å²) >= 11 is 0. The van der Waals surface area contributed by atoms with E-state index in [4.69, 9.17) is 14.6 Å². The molecule has 62 valence electrons. The van der Waals surface area contributed by atoms with Crippen LogP contribution in [0.4, 0.5) is 0 Å². The molecule has 0 radical (unpaired) electrons. The maximum atomic E-state index is 8.43. The molecule has 1 aliphatic rings. The van der Waals surface area contributed by atoms with E-state index in [9.17, 15) is 0 Å². The van der Waals surface area contributed by atoms with Gasteiger partial charge in [-0.05, 0) is 12.2 Å². The van der Waals surface area contributed by atoms with E-state index in [0.29, 0.717) is 0 Å². The Kier molecular flexibility index (Phi) is 2.98. The lowest BCUT2D eigenvalue weighted by molar-refractivity contribution is 0.0369. The first-order valence-corrected chi connectivity index (χ1v) is 3.54. The van der Waals surface area contributed by atoms with Crippen molar-refractivity contribution in [1.29, 1.82) is 0 Å². The Morgan fingerprint density at radius 3 is 2.45 bits per heavy atom. The van der Waals surface area contributed by atoms with Gasteiger partial charge in [0.15, 0.2) is 6.79 Å². The van der Waals surface area contributed by atoms with Gasteiger partial charge in [0.1, 0.15) is 0 Å². The highest BCUT2D eigenvalue weighted by molar-refractivity contribution is 5.17. The third kappa shape index (κ3) is 2.27. The van der Waals surface area contributed by atoms with Crippen molar-refractivity contribution in [3.8, 4) is 0 Å². The molecule has 0 heterocycles. The lowest BCUT2D eigenvalue weighted by Gasteiger charge is -2.12. The van der Waals surface area contributed by atoms with Crippen LogP contribution in [-0.2, 0) is 9.47 Å². The molecule has 0 unspecified atom stereocenters. The topological polar surface area (TPSA) is 38.7 Å². The third-order valence-corrected chi connectivity index (χ3v) is 1.59. The molecule has 1 rings (SSSR count). The summed E-state index contributed by atoms with van der Waals surface area (Å²) in [6.07, 6.45) is 5.33. The van der Waals surface area contributed by atoms with Crippen molar-refractivity contribution < 1.29 is 14.6 Å². The van der Waals surface area contributed by atoms with Crippen molar-refractivity contribution >= 4 is 0 Å². The molecular formula is C8H12O3.